The Morgan fingerprint density at radius 3 is 2.41 bits per heavy atom. The molecule has 0 aliphatic rings. The molecule has 6 heteroatoms. The summed E-state index contributed by atoms with van der Waals surface area (Å²) in [6, 6.07) is 9.53. The van der Waals surface area contributed by atoms with E-state index in [-0.39, 0.29) is 24.9 Å². The first-order valence-electron chi connectivity index (χ1n) is 7.08. The van der Waals surface area contributed by atoms with Crippen molar-refractivity contribution < 1.29 is 9.59 Å². The lowest BCUT2D eigenvalue weighted by atomic mass is 10.2. The van der Waals surface area contributed by atoms with Crippen molar-refractivity contribution in [3.8, 4) is 6.07 Å². The lowest BCUT2D eigenvalue weighted by Crippen LogP contribution is -2.40. The van der Waals surface area contributed by atoms with Crippen molar-refractivity contribution >= 4 is 17.5 Å². The van der Waals surface area contributed by atoms with Crippen molar-refractivity contribution in [1.82, 2.24) is 9.80 Å². The molecule has 0 saturated carbocycles. The van der Waals surface area contributed by atoms with Crippen LogP contribution in [0.5, 0.6) is 0 Å². The van der Waals surface area contributed by atoms with Crippen molar-refractivity contribution in [2.24, 2.45) is 0 Å². The zero-order chi connectivity index (χ0) is 16.5. The Labute approximate surface area is 131 Å². The Morgan fingerprint density at radius 1 is 1.18 bits per heavy atom. The van der Waals surface area contributed by atoms with E-state index in [9.17, 15) is 9.59 Å². The molecule has 0 unspecified atom stereocenters. The maximum Gasteiger partial charge on any atom is 0.238 e. The molecule has 0 saturated heterocycles. The number of nitrogens with zero attached hydrogens (tertiary/aromatic N) is 3. The molecule has 2 amide bonds. The van der Waals surface area contributed by atoms with Gasteiger partial charge in [0.1, 0.15) is 0 Å². The molecule has 118 valence electrons. The van der Waals surface area contributed by atoms with Crippen LogP contribution in [0.4, 0.5) is 5.69 Å². The van der Waals surface area contributed by atoms with E-state index < -0.39 is 0 Å². The molecule has 1 rings (SSSR count). The maximum absolute atomic E-state index is 11.9. The average Bonchev–Trinajstić information content (AvgIpc) is 2.46. The quantitative estimate of drug-likeness (QED) is 0.822. The van der Waals surface area contributed by atoms with Gasteiger partial charge in [-0.15, -0.1) is 0 Å². The van der Waals surface area contributed by atoms with Gasteiger partial charge in [0.05, 0.1) is 25.6 Å². The minimum absolute atomic E-state index is 0.110. The second-order valence-electron chi connectivity index (χ2n) is 5.31. The zero-order valence-corrected chi connectivity index (χ0v) is 13.3. The normalized spacial score (nSPS) is 10.1. The lowest BCUT2D eigenvalue weighted by Gasteiger charge is -2.20. The topological polar surface area (TPSA) is 76.4 Å². The summed E-state index contributed by atoms with van der Waals surface area (Å²) in [5.41, 5.74) is 1.86. The monoisotopic (exact) mass is 302 g/mol. The van der Waals surface area contributed by atoms with Crippen molar-refractivity contribution in [1.29, 1.82) is 5.26 Å². The molecule has 22 heavy (non-hydrogen) atoms. The molecule has 0 aliphatic heterocycles. The molecular weight excluding hydrogens is 280 g/mol. The number of hydrogen-bond acceptors (Lipinski definition) is 4. The second kappa shape index (κ2) is 8.80. The van der Waals surface area contributed by atoms with Crippen LogP contribution in [-0.4, -0.2) is 55.3 Å². The Bertz CT molecular complexity index is 548. The van der Waals surface area contributed by atoms with Gasteiger partial charge >= 0.3 is 0 Å². The molecule has 0 bridgehead atoms. The molecule has 1 N–H and O–H groups in total. The summed E-state index contributed by atoms with van der Waals surface area (Å²) in [5, 5.41) is 11.3. The summed E-state index contributed by atoms with van der Waals surface area (Å²) in [7, 11) is 3.37. The average molecular weight is 302 g/mol. The molecule has 0 aromatic heterocycles. The Hall–Kier alpha value is -2.39. The van der Waals surface area contributed by atoms with Crippen molar-refractivity contribution in [2.75, 3.05) is 39.0 Å². The van der Waals surface area contributed by atoms with E-state index >= 15 is 0 Å². The number of rotatable bonds is 7. The first-order valence-corrected chi connectivity index (χ1v) is 7.08. The van der Waals surface area contributed by atoms with Crippen LogP contribution < -0.4 is 5.32 Å². The molecule has 6 nitrogen and oxygen atoms in total. The van der Waals surface area contributed by atoms with E-state index in [1.54, 1.807) is 19.0 Å². The third-order valence-corrected chi connectivity index (χ3v) is 3.14. The Balaban J connectivity index is 2.39. The van der Waals surface area contributed by atoms with E-state index in [4.69, 9.17) is 5.26 Å². The van der Waals surface area contributed by atoms with Gasteiger partial charge in [-0.2, -0.15) is 5.26 Å². The molecule has 0 fully saturated rings. The molecule has 0 spiro atoms. The van der Waals surface area contributed by atoms with E-state index in [2.05, 4.69) is 5.32 Å². The SMILES string of the molecule is Cc1ccc(NC(=O)CN(C)CC(=O)N(C)CCC#N)cc1. The molecule has 0 radical (unpaired) electrons. The summed E-state index contributed by atoms with van der Waals surface area (Å²) in [5.74, 6) is -0.278. The van der Waals surface area contributed by atoms with Gasteiger partial charge in [0, 0.05) is 19.3 Å². The van der Waals surface area contributed by atoms with Gasteiger partial charge < -0.3 is 10.2 Å². The minimum Gasteiger partial charge on any atom is -0.344 e. The van der Waals surface area contributed by atoms with E-state index in [1.807, 2.05) is 37.3 Å². The van der Waals surface area contributed by atoms with Crippen LogP contribution in [-0.2, 0) is 9.59 Å². The predicted octanol–water partition coefficient (Wildman–Crippen LogP) is 1.24. The van der Waals surface area contributed by atoms with E-state index in [1.165, 1.54) is 4.90 Å². The molecule has 0 heterocycles. The fourth-order valence-electron chi connectivity index (χ4n) is 1.83. The van der Waals surface area contributed by atoms with Gasteiger partial charge in [-0.05, 0) is 26.1 Å². The zero-order valence-electron chi connectivity index (χ0n) is 13.3. The molecule has 1 aromatic carbocycles. The smallest absolute Gasteiger partial charge is 0.238 e. The lowest BCUT2D eigenvalue weighted by molar-refractivity contribution is -0.131. The molecule has 0 atom stereocenters. The number of likely N-dealkylation sites (N-methyl/N-ethyl adjacent to an activating group) is 2. The molecule has 1 aromatic rings. The fraction of sp³-hybridized carbons (Fsp3) is 0.438. The standard InChI is InChI=1S/C16H22N4O2/c1-13-5-7-14(8-6-13)18-15(21)11-19(2)12-16(22)20(3)10-4-9-17/h5-8H,4,10-12H2,1-3H3,(H,18,21). The van der Waals surface area contributed by atoms with Crippen LogP contribution >= 0.6 is 0 Å². The van der Waals surface area contributed by atoms with Crippen LogP contribution in [0, 0.1) is 18.3 Å². The number of nitrogens with one attached hydrogen (secondary N) is 1. The Kier molecular flexibility index (Phi) is 7.06. The van der Waals surface area contributed by atoms with E-state index in [0.29, 0.717) is 13.0 Å². The second-order valence-corrected chi connectivity index (χ2v) is 5.31. The number of anilines is 1. The third-order valence-electron chi connectivity index (χ3n) is 3.14. The van der Waals surface area contributed by atoms with Gasteiger partial charge in [0.15, 0.2) is 0 Å². The number of benzene rings is 1. The number of carbonyl (C=O) groups is 2. The number of nitriles is 1. The summed E-state index contributed by atoms with van der Waals surface area (Å²) >= 11 is 0. The summed E-state index contributed by atoms with van der Waals surface area (Å²) < 4.78 is 0. The highest BCUT2D eigenvalue weighted by Crippen LogP contribution is 2.08. The third kappa shape index (κ3) is 6.37. The van der Waals surface area contributed by atoms with Crippen LogP contribution in [0.3, 0.4) is 0 Å². The summed E-state index contributed by atoms with van der Waals surface area (Å²) in [4.78, 5) is 26.9. The van der Waals surface area contributed by atoms with Gasteiger partial charge in [0.25, 0.3) is 0 Å². The van der Waals surface area contributed by atoms with Crippen molar-refractivity contribution in [2.45, 2.75) is 13.3 Å². The maximum atomic E-state index is 11.9. The number of amides is 2. The van der Waals surface area contributed by atoms with Gasteiger partial charge in [-0.3, -0.25) is 14.5 Å². The largest absolute Gasteiger partial charge is 0.344 e. The minimum atomic E-state index is -0.168. The highest BCUT2D eigenvalue weighted by atomic mass is 16.2. The van der Waals surface area contributed by atoms with Crippen molar-refractivity contribution in [3.05, 3.63) is 29.8 Å². The predicted molar refractivity (Wildman–Crippen MR) is 85.2 cm³/mol. The number of aryl methyl sites for hydroxylation is 1. The number of hydrogen-bond donors (Lipinski definition) is 1. The highest BCUT2D eigenvalue weighted by Gasteiger charge is 2.14. The van der Waals surface area contributed by atoms with Crippen LogP contribution in [0.15, 0.2) is 24.3 Å². The van der Waals surface area contributed by atoms with E-state index in [0.717, 1.165) is 11.3 Å². The highest BCUT2D eigenvalue weighted by molar-refractivity contribution is 5.92. The van der Waals surface area contributed by atoms with Crippen molar-refractivity contribution in [3.63, 3.8) is 0 Å². The summed E-state index contributed by atoms with van der Waals surface area (Å²) in [6.07, 6.45) is 0.305. The van der Waals surface area contributed by atoms with Gasteiger partial charge in [-0.1, -0.05) is 17.7 Å². The van der Waals surface area contributed by atoms with Crippen LogP contribution in [0.25, 0.3) is 0 Å². The molecule has 0 aliphatic carbocycles. The fourth-order valence-corrected chi connectivity index (χ4v) is 1.83. The number of carbonyl (C=O) groups excluding carboxylic acids is 2. The first-order chi connectivity index (χ1) is 10.4. The Morgan fingerprint density at radius 2 is 1.82 bits per heavy atom. The van der Waals surface area contributed by atoms with Gasteiger partial charge in [0.2, 0.25) is 11.8 Å². The summed E-state index contributed by atoms with van der Waals surface area (Å²) in [6.45, 7) is 2.65. The van der Waals surface area contributed by atoms with Crippen LogP contribution in [0.1, 0.15) is 12.0 Å². The van der Waals surface area contributed by atoms with Crippen LogP contribution in [0.2, 0.25) is 0 Å². The molecular formula is C16H22N4O2. The first kappa shape index (κ1) is 17.7. The van der Waals surface area contributed by atoms with Gasteiger partial charge in [-0.25, -0.2) is 0 Å².